The van der Waals surface area contributed by atoms with Gasteiger partial charge in [0.25, 0.3) is 0 Å². The lowest BCUT2D eigenvalue weighted by atomic mass is 10.1. The van der Waals surface area contributed by atoms with Crippen LogP contribution in [0.4, 0.5) is 8.78 Å². The molecule has 0 heterocycles. The van der Waals surface area contributed by atoms with Crippen LogP contribution in [0.1, 0.15) is 18.5 Å². The minimum absolute atomic E-state index is 0.157. The largest absolute Gasteiger partial charge is 0.349 e. The molecule has 0 fully saturated rings. The number of halogens is 2. The molecule has 0 bridgehead atoms. The summed E-state index contributed by atoms with van der Waals surface area (Å²) in [5, 5.41) is 5.09. The van der Waals surface area contributed by atoms with Crippen molar-refractivity contribution in [2.75, 3.05) is 5.75 Å². The molecular weight excluding hydrogens is 340 g/mol. The number of fused-ring (bicyclic) bond motifs is 1. The fourth-order valence-corrected chi connectivity index (χ4v) is 3.31. The van der Waals surface area contributed by atoms with Crippen molar-refractivity contribution < 1.29 is 13.6 Å². The number of amides is 1. The number of carbonyl (C=O) groups is 1. The Labute approximate surface area is 149 Å². The van der Waals surface area contributed by atoms with Gasteiger partial charge in [0, 0.05) is 4.90 Å². The van der Waals surface area contributed by atoms with Gasteiger partial charge in [-0.05, 0) is 47.5 Å². The SMILES string of the molecule is CC(NC(=O)CSc1ccc2ccccc2c1)c1ccc(F)c(F)c1. The van der Waals surface area contributed by atoms with Gasteiger partial charge in [-0.25, -0.2) is 8.78 Å². The van der Waals surface area contributed by atoms with E-state index in [1.165, 1.54) is 17.8 Å². The van der Waals surface area contributed by atoms with Crippen LogP contribution in [0, 0.1) is 11.6 Å². The van der Waals surface area contributed by atoms with Crippen molar-refractivity contribution in [2.45, 2.75) is 17.9 Å². The summed E-state index contributed by atoms with van der Waals surface area (Å²) in [6.45, 7) is 1.74. The molecule has 128 valence electrons. The Hall–Kier alpha value is -2.40. The third kappa shape index (κ3) is 4.37. The van der Waals surface area contributed by atoms with Crippen LogP contribution in [-0.4, -0.2) is 11.7 Å². The summed E-state index contributed by atoms with van der Waals surface area (Å²) in [6, 6.07) is 17.4. The summed E-state index contributed by atoms with van der Waals surface area (Å²) in [4.78, 5) is 13.1. The normalized spacial score (nSPS) is 12.1. The van der Waals surface area contributed by atoms with Crippen molar-refractivity contribution >= 4 is 28.4 Å². The average molecular weight is 357 g/mol. The maximum atomic E-state index is 13.3. The van der Waals surface area contributed by atoms with E-state index in [1.807, 2.05) is 42.5 Å². The number of rotatable bonds is 5. The number of carbonyl (C=O) groups excluding carboxylic acids is 1. The van der Waals surface area contributed by atoms with Crippen LogP contribution in [0.25, 0.3) is 10.8 Å². The van der Waals surface area contributed by atoms with Gasteiger partial charge >= 0.3 is 0 Å². The third-order valence-corrected chi connectivity index (χ3v) is 4.91. The van der Waals surface area contributed by atoms with Gasteiger partial charge in [-0.3, -0.25) is 4.79 Å². The fourth-order valence-electron chi connectivity index (χ4n) is 2.55. The Kier molecular flexibility index (Phi) is 5.34. The highest BCUT2D eigenvalue weighted by molar-refractivity contribution is 8.00. The van der Waals surface area contributed by atoms with Crippen molar-refractivity contribution in [3.8, 4) is 0 Å². The Morgan fingerprint density at radius 2 is 1.76 bits per heavy atom. The van der Waals surface area contributed by atoms with Crippen LogP contribution >= 0.6 is 11.8 Å². The Morgan fingerprint density at radius 3 is 2.52 bits per heavy atom. The molecule has 0 aromatic heterocycles. The first-order valence-electron chi connectivity index (χ1n) is 7.89. The highest BCUT2D eigenvalue weighted by Gasteiger charge is 2.12. The minimum atomic E-state index is -0.913. The highest BCUT2D eigenvalue weighted by Crippen LogP contribution is 2.24. The Bertz CT molecular complexity index is 913. The molecular formula is C20H17F2NOS. The summed E-state index contributed by atoms with van der Waals surface area (Å²) in [5.41, 5.74) is 0.531. The minimum Gasteiger partial charge on any atom is -0.349 e. The summed E-state index contributed by atoms with van der Waals surface area (Å²) in [5.74, 6) is -1.71. The molecule has 3 aromatic rings. The van der Waals surface area contributed by atoms with Gasteiger partial charge in [-0.1, -0.05) is 36.4 Å². The number of nitrogens with one attached hydrogen (secondary N) is 1. The highest BCUT2D eigenvalue weighted by atomic mass is 32.2. The average Bonchev–Trinajstić information content (AvgIpc) is 2.62. The van der Waals surface area contributed by atoms with E-state index in [4.69, 9.17) is 0 Å². The fraction of sp³-hybridized carbons (Fsp3) is 0.150. The van der Waals surface area contributed by atoms with Crippen molar-refractivity contribution in [3.05, 3.63) is 77.9 Å². The zero-order valence-corrected chi connectivity index (χ0v) is 14.4. The molecule has 0 saturated heterocycles. The smallest absolute Gasteiger partial charge is 0.230 e. The second kappa shape index (κ2) is 7.66. The molecule has 3 rings (SSSR count). The molecule has 1 amide bonds. The molecule has 2 nitrogen and oxygen atoms in total. The molecule has 0 radical (unpaired) electrons. The van der Waals surface area contributed by atoms with Gasteiger partial charge in [-0.2, -0.15) is 0 Å². The van der Waals surface area contributed by atoms with E-state index in [1.54, 1.807) is 6.92 Å². The van der Waals surface area contributed by atoms with E-state index >= 15 is 0 Å². The Morgan fingerprint density at radius 1 is 1.00 bits per heavy atom. The maximum Gasteiger partial charge on any atom is 0.230 e. The molecule has 25 heavy (non-hydrogen) atoms. The Balaban J connectivity index is 1.58. The van der Waals surface area contributed by atoms with E-state index in [-0.39, 0.29) is 17.7 Å². The zero-order valence-electron chi connectivity index (χ0n) is 13.6. The van der Waals surface area contributed by atoms with Crippen LogP contribution in [0.2, 0.25) is 0 Å². The molecule has 0 aliphatic heterocycles. The topological polar surface area (TPSA) is 29.1 Å². The van der Waals surface area contributed by atoms with Crippen LogP contribution in [0.3, 0.4) is 0 Å². The quantitative estimate of drug-likeness (QED) is 0.645. The molecule has 5 heteroatoms. The number of hydrogen-bond donors (Lipinski definition) is 1. The van der Waals surface area contributed by atoms with E-state index < -0.39 is 11.6 Å². The molecule has 1 atom stereocenters. The van der Waals surface area contributed by atoms with Crippen LogP contribution in [-0.2, 0) is 4.79 Å². The summed E-state index contributed by atoms with van der Waals surface area (Å²) in [6.07, 6.45) is 0. The lowest BCUT2D eigenvalue weighted by Crippen LogP contribution is -2.28. The predicted molar refractivity (Wildman–Crippen MR) is 97.6 cm³/mol. The van der Waals surface area contributed by atoms with Crippen LogP contribution in [0.15, 0.2) is 65.6 Å². The molecule has 1 N–H and O–H groups in total. The molecule has 3 aromatic carbocycles. The lowest BCUT2D eigenvalue weighted by Gasteiger charge is -2.14. The predicted octanol–water partition coefficient (Wildman–Crippen LogP) is 5.09. The van der Waals surface area contributed by atoms with Gasteiger partial charge in [0.05, 0.1) is 11.8 Å². The third-order valence-electron chi connectivity index (χ3n) is 3.91. The van der Waals surface area contributed by atoms with Crippen molar-refractivity contribution in [3.63, 3.8) is 0 Å². The number of benzene rings is 3. The van der Waals surface area contributed by atoms with Crippen molar-refractivity contribution in [1.82, 2.24) is 5.32 Å². The van der Waals surface area contributed by atoms with Gasteiger partial charge in [0.1, 0.15) is 0 Å². The van der Waals surface area contributed by atoms with E-state index in [0.717, 1.165) is 27.8 Å². The molecule has 0 spiro atoms. The molecule has 0 saturated carbocycles. The van der Waals surface area contributed by atoms with Crippen LogP contribution < -0.4 is 5.32 Å². The summed E-state index contributed by atoms with van der Waals surface area (Å²) in [7, 11) is 0. The maximum absolute atomic E-state index is 13.3. The first kappa shape index (κ1) is 17.4. The van der Waals surface area contributed by atoms with Gasteiger partial charge < -0.3 is 5.32 Å². The number of hydrogen-bond acceptors (Lipinski definition) is 2. The monoisotopic (exact) mass is 357 g/mol. The van der Waals surface area contributed by atoms with Crippen molar-refractivity contribution in [1.29, 1.82) is 0 Å². The first-order chi connectivity index (χ1) is 12.0. The van der Waals surface area contributed by atoms with Crippen molar-refractivity contribution in [2.24, 2.45) is 0 Å². The van der Waals surface area contributed by atoms with E-state index in [0.29, 0.717) is 5.56 Å². The van der Waals surface area contributed by atoms with Gasteiger partial charge in [0.2, 0.25) is 5.91 Å². The van der Waals surface area contributed by atoms with E-state index in [9.17, 15) is 13.6 Å². The van der Waals surface area contributed by atoms with Gasteiger partial charge in [0.15, 0.2) is 11.6 Å². The van der Waals surface area contributed by atoms with E-state index in [2.05, 4.69) is 5.32 Å². The second-order valence-electron chi connectivity index (χ2n) is 5.76. The zero-order chi connectivity index (χ0) is 17.8. The summed E-state index contributed by atoms with van der Waals surface area (Å²) >= 11 is 1.44. The first-order valence-corrected chi connectivity index (χ1v) is 8.87. The number of thioether (sulfide) groups is 1. The standard InChI is InChI=1S/C20H17F2NOS/c1-13(15-7-9-18(21)19(22)11-15)23-20(24)12-25-17-8-6-14-4-2-3-5-16(14)10-17/h2-11,13H,12H2,1H3,(H,23,24). The molecule has 0 aliphatic carbocycles. The molecule has 0 aliphatic rings. The molecule has 1 unspecified atom stereocenters. The van der Waals surface area contributed by atoms with Crippen LogP contribution in [0.5, 0.6) is 0 Å². The lowest BCUT2D eigenvalue weighted by molar-refractivity contribution is -0.119. The summed E-state index contributed by atoms with van der Waals surface area (Å²) < 4.78 is 26.3. The van der Waals surface area contributed by atoms with Gasteiger partial charge in [-0.15, -0.1) is 11.8 Å². The second-order valence-corrected chi connectivity index (χ2v) is 6.81.